The maximum absolute atomic E-state index is 7.30. The molecule has 3 N–H and O–H groups in total. The van der Waals surface area contributed by atoms with Crippen LogP contribution in [0.3, 0.4) is 0 Å². The lowest BCUT2D eigenvalue weighted by atomic mass is 10.1. The predicted molar refractivity (Wildman–Crippen MR) is 77.4 cm³/mol. The van der Waals surface area contributed by atoms with Crippen LogP contribution in [-0.4, -0.2) is 10.8 Å². The topological polar surface area (TPSA) is 72.0 Å². The number of nitrogens with one attached hydrogen (secondary N) is 1. The lowest BCUT2D eigenvalue weighted by molar-refractivity contribution is 0.107. The van der Waals surface area contributed by atoms with E-state index in [4.69, 9.17) is 15.9 Å². The van der Waals surface area contributed by atoms with E-state index < -0.39 is 0 Å². The van der Waals surface area contributed by atoms with E-state index in [0.29, 0.717) is 13.2 Å². The molecule has 0 aliphatic carbocycles. The van der Waals surface area contributed by atoms with Crippen LogP contribution in [0.15, 0.2) is 48.8 Å². The van der Waals surface area contributed by atoms with Gasteiger partial charge in [-0.05, 0) is 17.2 Å². The van der Waals surface area contributed by atoms with E-state index in [1.54, 1.807) is 12.4 Å². The standard InChI is InChI=1S/C14H15N3O.ClH/c15-14(16)13-5-3-11(4-6-13)9-18-10-12-2-1-7-17-8-12;/h1-8H,9-10H2,(H3,15,16);1H. The first kappa shape index (κ1) is 15.1. The molecule has 0 unspecified atom stereocenters. The Balaban J connectivity index is 0.00000180. The molecule has 2 aromatic rings. The molecular formula is C14H16ClN3O. The van der Waals surface area contributed by atoms with Crippen molar-refractivity contribution in [2.75, 3.05) is 0 Å². The number of nitrogens with zero attached hydrogens (tertiary/aromatic N) is 1. The first-order valence-corrected chi connectivity index (χ1v) is 5.65. The summed E-state index contributed by atoms with van der Waals surface area (Å²) in [5.74, 6) is 0.0813. The number of ether oxygens (including phenoxy) is 1. The molecule has 1 heterocycles. The number of aromatic nitrogens is 1. The van der Waals surface area contributed by atoms with Gasteiger partial charge in [-0.3, -0.25) is 10.4 Å². The summed E-state index contributed by atoms with van der Waals surface area (Å²) in [6, 6.07) is 11.3. The Hall–Kier alpha value is -1.91. The highest BCUT2D eigenvalue weighted by Gasteiger charge is 1.98. The molecule has 0 fully saturated rings. The quantitative estimate of drug-likeness (QED) is 0.651. The average molecular weight is 278 g/mol. The van der Waals surface area contributed by atoms with E-state index >= 15 is 0 Å². The molecule has 0 bridgehead atoms. The minimum atomic E-state index is 0. The molecule has 2 rings (SSSR count). The summed E-state index contributed by atoms with van der Waals surface area (Å²) < 4.78 is 5.58. The summed E-state index contributed by atoms with van der Waals surface area (Å²) in [5, 5.41) is 7.30. The van der Waals surface area contributed by atoms with Crippen molar-refractivity contribution in [3.63, 3.8) is 0 Å². The Morgan fingerprint density at radius 2 is 1.79 bits per heavy atom. The number of pyridine rings is 1. The second-order valence-corrected chi connectivity index (χ2v) is 3.96. The number of rotatable bonds is 5. The van der Waals surface area contributed by atoms with Crippen LogP contribution in [0.4, 0.5) is 0 Å². The van der Waals surface area contributed by atoms with Gasteiger partial charge in [0.15, 0.2) is 0 Å². The smallest absolute Gasteiger partial charge is 0.122 e. The van der Waals surface area contributed by atoms with Gasteiger partial charge in [-0.25, -0.2) is 0 Å². The van der Waals surface area contributed by atoms with Gasteiger partial charge in [0, 0.05) is 18.0 Å². The van der Waals surface area contributed by atoms with E-state index in [1.165, 1.54) is 0 Å². The normalized spacial score (nSPS) is 9.68. The average Bonchev–Trinajstić information content (AvgIpc) is 2.40. The Morgan fingerprint density at radius 1 is 1.11 bits per heavy atom. The van der Waals surface area contributed by atoms with E-state index in [0.717, 1.165) is 16.7 Å². The fraction of sp³-hybridized carbons (Fsp3) is 0.143. The molecule has 0 saturated heterocycles. The van der Waals surface area contributed by atoms with Crippen LogP contribution in [0.25, 0.3) is 0 Å². The maximum Gasteiger partial charge on any atom is 0.122 e. The van der Waals surface area contributed by atoms with Crippen molar-refractivity contribution < 1.29 is 4.74 Å². The first-order valence-electron chi connectivity index (χ1n) is 5.65. The molecular weight excluding hydrogens is 262 g/mol. The zero-order chi connectivity index (χ0) is 12.8. The number of benzene rings is 1. The highest BCUT2D eigenvalue weighted by Crippen LogP contribution is 2.07. The van der Waals surface area contributed by atoms with Crippen molar-refractivity contribution in [3.8, 4) is 0 Å². The maximum atomic E-state index is 7.30. The van der Waals surface area contributed by atoms with Gasteiger partial charge in [-0.2, -0.15) is 0 Å². The summed E-state index contributed by atoms with van der Waals surface area (Å²) in [5.41, 5.74) is 8.23. The van der Waals surface area contributed by atoms with Crippen LogP contribution >= 0.6 is 12.4 Å². The van der Waals surface area contributed by atoms with Crippen molar-refractivity contribution in [2.24, 2.45) is 5.73 Å². The van der Waals surface area contributed by atoms with Crippen molar-refractivity contribution in [1.82, 2.24) is 4.98 Å². The first-order chi connectivity index (χ1) is 8.75. The summed E-state index contributed by atoms with van der Waals surface area (Å²) in [7, 11) is 0. The van der Waals surface area contributed by atoms with Crippen molar-refractivity contribution in [3.05, 3.63) is 65.5 Å². The molecule has 1 aromatic carbocycles. The van der Waals surface area contributed by atoms with Gasteiger partial charge in [0.05, 0.1) is 13.2 Å². The molecule has 0 radical (unpaired) electrons. The third-order valence-electron chi connectivity index (χ3n) is 2.53. The van der Waals surface area contributed by atoms with Gasteiger partial charge in [-0.1, -0.05) is 30.3 Å². The Labute approximate surface area is 118 Å². The van der Waals surface area contributed by atoms with Crippen molar-refractivity contribution in [1.29, 1.82) is 5.41 Å². The fourth-order valence-corrected chi connectivity index (χ4v) is 1.55. The number of halogens is 1. The molecule has 19 heavy (non-hydrogen) atoms. The summed E-state index contributed by atoms with van der Waals surface area (Å²) in [6.07, 6.45) is 3.53. The van der Waals surface area contributed by atoms with E-state index in [9.17, 15) is 0 Å². The molecule has 100 valence electrons. The fourth-order valence-electron chi connectivity index (χ4n) is 1.55. The van der Waals surface area contributed by atoms with Crippen molar-refractivity contribution >= 4 is 18.2 Å². The highest BCUT2D eigenvalue weighted by atomic mass is 35.5. The highest BCUT2D eigenvalue weighted by molar-refractivity contribution is 5.94. The Morgan fingerprint density at radius 3 is 2.37 bits per heavy atom. The second-order valence-electron chi connectivity index (χ2n) is 3.96. The van der Waals surface area contributed by atoms with Gasteiger partial charge in [0.1, 0.15) is 5.84 Å². The zero-order valence-corrected chi connectivity index (χ0v) is 11.2. The Bertz CT molecular complexity index is 514. The monoisotopic (exact) mass is 277 g/mol. The third-order valence-corrected chi connectivity index (χ3v) is 2.53. The van der Waals surface area contributed by atoms with Gasteiger partial charge in [-0.15, -0.1) is 12.4 Å². The number of amidine groups is 1. The van der Waals surface area contributed by atoms with Gasteiger partial charge in [0.25, 0.3) is 0 Å². The summed E-state index contributed by atoms with van der Waals surface area (Å²) in [6.45, 7) is 1.08. The Kier molecular flexibility index (Phi) is 5.99. The van der Waals surface area contributed by atoms with E-state index in [1.807, 2.05) is 36.4 Å². The molecule has 0 aliphatic rings. The molecule has 4 nitrogen and oxygen atoms in total. The van der Waals surface area contributed by atoms with Gasteiger partial charge < -0.3 is 10.5 Å². The number of nitrogens with two attached hydrogens (primary N) is 1. The minimum Gasteiger partial charge on any atom is -0.384 e. The summed E-state index contributed by atoms with van der Waals surface area (Å²) in [4.78, 5) is 4.02. The summed E-state index contributed by atoms with van der Waals surface area (Å²) >= 11 is 0. The van der Waals surface area contributed by atoms with Crippen molar-refractivity contribution in [2.45, 2.75) is 13.2 Å². The largest absolute Gasteiger partial charge is 0.384 e. The van der Waals surface area contributed by atoms with Crippen LogP contribution in [0.5, 0.6) is 0 Å². The van der Waals surface area contributed by atoms with Gasteiger partial charge in [0.2, 0.25) is 0 Å². The third kappa shape index (κ3) is 4.69. The lowest BCUT2D eigenvalue weighted by Gasteiger charge is -2.05. The zero-order valence-electron chi connectivity index (χ0n) is 10.4. The number of hydrogen-bond acceptors (Lipinski definition) is 3. The van der Waals surface area contributed by atoms with Crippen LogP contribution in [0.2, 0.25) is 0 Å². The van der Waals surface area contributed by atoms with Crippen LogP contribution in [0, 0.1) is 5.41 Å². The lowest BCUT2D eigenvalue weighted by Crippen LogP contribution is -2.10. The van der Waals surface area contributed by atoms with Crippen LogP contribution < -0.4 is 5.73 Å². The number of hydrogen-bond donors (Lipinski definition) is 2. The molecule has 5 heteroatoms. The van der Waals surface area contributed by atoms with E-state index in [-0.39, 0.29) is 18.2 Å². The number of nitrogen functional groups attached to an aromatic ring is 1. The SMILES string of the molecule is Cl.N=C(N)c1ccc(COCc2cccnc2)cc1. The minimum absolute atomic E-state index is 0. The molecule has 0 saturated carbocycles. The molecule has 0 spiro atoms. The predicted octanol–water partition coefficient (Wildman–Crippen LogP) is 2.50. The molecule has 1 aromatic heterocycles. The van der Waals surface area contributed by atoms with Crippen LogP contribution in [-0.2, 0) is 18.0 Å². The second kappa shape index (κ2) is 7.51. The molecule has 0 aliphatic heterocycles. The van der Waals surface area contributed by atoms with E-state index in [2.05, 4.69) is 4.98 Å². The van der Waals surface area contributed by atoms with Crippen LogP contribution in [0.1, 0.15) is 16.7 Å². The molecule has 0 amide bonds. The van der Waals surface area contributed by atoms with Gasteiger partial charge >= 0.3 is 0 Å². The molecule has 0 atom stereocenters.